The van der Waals surface area contributed by atoms with Crippen LogP contribution in [0.2, 0.25) is 0 Å². The molecule has 1 aromatic rings. The summed E-state index contributed by atoms with van der Waals surface area (Å²) in [5.74, 6) is 0. The smallest absolute Gasteiger partial charge is 0.126 e. The largest absolute Gasteiger partial charge is 0.374 e. The van der Waals surface area contributed by atoms with Crippen molar-refractivity contribution in [3.8, 4) is 0 Å². The number of benzene rings is 1. The topological polar surface area (TPSA) is 49.5 Å². The molecular weight excluding hydrogens is 280 g/mol. The van der Waals surface area contributed by atoms with Gasteiger partial charge in [-0.25, -0.2) is 0 Å². The molecular formula is C13H19BrN2O. The monoisotopic (exact) mass is 298 g/mol. The van der Waals surface area contributed by atoms with Crippen LogP contribution >= 0.6 is 15.9 Å². The van der Waals surface area contributed by atoms with Gasteiger partial charge in [0.25, 0.3) is 0 Å². The molecule has 0 radical (unpaired) electrons. The Labute approximate surface area is 111 Å². The van der Waals surface area contributed by atoms with Crippen molar-refractivity contribution in [2.45, 2.75) is 45.0 Å². The maximum Gasteiger partial charge on any atom is 0.126 e. The van der Waals surface area contributed by atoms with E-state index in [0.717, 1.165) is 28.6 Å². The van der Waals surface area contributed by atoms with Crippen molar-refractivity contribution in [1.82, 2.24) is 0 Å². The number of rotatable bonds is 2. The Hall–Kier alpha value is -0.580. The minimum absolute atomic E-state index is 0.0535. The van der Waals surface area contributed by atoms with Gasteiger partial charge in [-0.2, -0.15) is 0 Å². The lowest BCUT2D eigenvalue weighted by molar-refractivity contribution is 0.149. The van der Waals surface area contributed by atoms with Gasteiger partial charge in [0.15, 0.2) is 0 Å². The van der Waals surface area contributed by atoms with Crippen LogP contribution in [-0.2, 0) is 0 Å². The molecule has 1 aromatic carbocycles. The third kappa shape index (κ3) is 2.34. The van der Waals surface area contributed by atoms with Gasteiger partial charge in [0, 0.05) is 22.2 Å². The summed E-state index contributed by atoms with van der Waals surface area (Å²) >= 11 is 3.47. The Morgan fingerprint density at radius 2 is 2.29 bits per heavy atom. The second-order valence-electron chi connectivity index (χ2n) is 4.69. The van der Waals surface area contributed by atoms with E-state index in [9.17, 15) is 5.11 Å². The van der Waals surface area contributed by atoms with E-state index < -0.39 is 6.23 Å². The highest BCUT2D eigenvalue weighted by Gasteiger charge is 2.31. The van der Waals surface area contributed by atoms with E-state index in [-0.39, 0.29) is 12.1 Å². The molecule has 3 nitrogen and oxygen atoms in total. The molecule has 1 aliphatic rings. The number of halogens is 1. The average molecular weight is 299 g/mol. The molecule has 0 aliphatic carbocycles. The molecule has 0 saturated heterocycles. The lowest BCUT2D eigenvalue weighted by Gasteiger charge is -2.42. The van der Waals surface area contributed by atoms with Crippen LogP contribution in [0.5, 0.6) is 0 Å². The fourth-order valence-electron chi connectivity index (χ4n) is 2.55. The predicted octanol–water partition coefficient (Wildman–Crippen LogP) is 2.78. The number of aliphatic hydroxyl groups excluding tert-OH is 1. The van der Waals surface area contributed by atoms with Crippen LogP contribution in [0.4, 0.5) is 5.69 Å². The van der Waals surface area contributed by atoms with E-state index in [0.29, 0.717) is 0 Å². The lowest BCUT2D eigenvalue weighted by atomic mass is 9.92. The maximum atomic E-state index is 10.1. The number of nitrogens with two attached hydrogens (primary N) is 1. The van der Waals surface area contributed by atoms with Crippen LogP contribution in [0.1, 0.15) is 38.3 Å². The lowest BCUT2D eigenvalue weighted by Crippen LogP contribution is -2.46. The molecule has 4 heteroatoms. The highest BCUT2D eigenvalue weighted by molar-refractivity contribution is 9.10. The van der Waals surface area contributed by atoms with E-state index in [2.05, 4.69) is 33.8 Å². The van der Waals surface area contributed by atoms with E-state index in [4.69, 9.17) is 5.73 Å². The molecule has 2 rings (SSSR count). The van der Waals surface area contributed by atoms with Crippen molar-refractivity contribution in [2.24, 2.45) is 5.73 Å². The highest BCUT2D eigenvalue weighted by Crippen LogP contribution is 2.38. The van der Waals surface area contributed by atoms with Crippen LogP contribution in [0.15, 0.2) is 22.7 Å². The first-order valence-electron chi connectivity index (χ1n) is 6.06. The van der Waals surface area contributed by atoms with Crippen LogP contribution in [0.25, 0.3) is 0 Å². The van der Waals surface area contributed by atoms with Gasteiger partial charge in [-0.15, -0.1) is 0 Å². The Balaban J connectivity index is 2.46. The van der Waals surface area contributed by atoms with Crippen LogP contribution in [-0.4, -0.2) is 17.4 Å². The third-order valence-electron chi connectivity index (χ3n) is 3.42. The molecule has 0 amide bonds. The number of anilines is 1. The Morgan fingerprint density at radius 1 is 1.59 bits per heavy atom. The minimum atomic E-state index is -0.433. The SMILES string of the molecule is CCC(O)N1c2ccc(Br)cc2C(N)CC1C. The zero-order valence-electron chi connectivity index (χ0n) is 10.2. The van der Waals surface area contributed by atoms with Gasteiger partial charge in [-0.3, -0.25) is 0 Å². The van der Waals surface area contributed by atoms with Gasteiger partial charge in [-0.05, 0) is 43.5 Å². The van der Waals surface area contributed by atoms with Crippen molar-refractivity contribution in [1.29, 1.82) is 0 Å². The van der Waals surface area contributed by atoms with Crippen molar-refractivity contribution < 1.29 is 5.11 Å². The Morgan fingerprint density at radius 3 is 2.94 bits per heavy atom. The van der Waals surface area contributed by atoms with Crippen molar-refractivity contribution in [3.63, 3.8) is 0 Å². The first kappa shape index (κ1) is 12.9. The highest BCUT2D eigenvalue weighted by atomic mass is 79.9. The number of hydrogen-bond acceptors (Lipinski definition) is 3. The van der Waals surface area contributed by atoms with Gasteiger partial charge in [0.1, 0.15) is 6.23 Å². The normalized spacial score (nSPS) is 25.6. The van der Waals surface area contributed by atoms with Gasteiger partial charge < -0.3 is 15.7 Å². The average Bonchev–Trinajstić information content (AvgIpc) is 2.29. The zero-order chi connectivity index (χ0) is 12.6. The Bertz CT molecular complexity index is 410. The molecule has 0 saturated carbocycles. The maximum absolute atomic E-state index is 10.1. The summed E-state index contributed by atoms with van der Waals surface area (Å²) in [5, 5.41) is 10.1. The van der Waals surface area contributed by atoms with Crippen molar-refractivity contribution >= 4 is 21.6 Å². The zero-order valence-corrected chi connectivity index (χ0v) is 11.8. The number of aliphatic hydroxyl groups is 1. The van der Waals surface area contributed by atoms with Gasteiger partial charge >= 0.3 is 0 Å². The van der Waals surface area contributed by atoms with E-state index in [1.54, 1.807) is 0 Å². The molecule has 1 heterocycles. The van der Waals surface area contributed by atoms with Crippen LogP contribution in [0, 0.1) is 0 Å². The summed E-state index contributed by atoms with van der Waals surface area (Å²) in [6, 6.07) is 6.42. The molecule has 0 aromatic heterocycles. The first-order chi connectivity index (χ1) is 8.04. The Kier molecular flexibility index (Phi) is 3.76. The van der Waals surface area contributed by atoms with Gasteiger partial charge in [-0.1, -0.05) is 22.9 Å². The summed E-state index contributed by atoms with van der Waals surface area (Å²) in [5.41, 5.74) is 8.36. The van der Waals surface area contributed by atoms with Gasteiger partial charge in [0.2, 0.25) is 0 Å². The molecule has 0 bridgehead atoms. The molecule has 17 heavy (non-hydrogen) atoms. The summed E-state index contributed by atoms with van der Waals surface area (Å²) < 4.78 is 1.03. The summed E-state index contributed by atoms with van der Waals surface area (Å²) in [7, 11) is 0. The van der Waals surface area contributed by atoms with Crippen LogP contribution in [0.3, 0.4) is 0 Å². The van der Waals surface area contributed by atoms with Crippen molar-refractivity contribution in [2.75, 3.05) is 4.90 Å². The van der Waals surface area contributed by atoms with Gasteiger partial charge in [0.05, 0.1) is 0 Å². The quantitative estimate of drug-likeness (QED) is 0.883. The molecule has 0 spiro atoms. The predicted molar refractivity (Wildman–Crippen MR) is 73.9 cm³/mol. The number of fused-ring (bicyclic) bond motifs is 1. The molecule has 3 unspecified atom stereocenters. The molecule has 3 N–H and O–H groups in total. The molecule has 94 valence electrons. The first-order valence-corrected chi connectivity index (χ1v) is 6.85. The fourth-order valence-corrected chi connectivity index (χ4v) is 2.93. The van der Waals surface area contributed by atoms with Crippen LogP contribution < -0.4 is 10.6 Å². The number of hydrogen-bond donors (Lipinski definition) is 2. The second-order valence-corrected chi connectivity index (χ2v) is 5.61. The molecule has 3 atom stereocenters. The summed E-state index contributed by atoms with van der Waals surface area (Å²) in [6.45, 7) is 4.11. The molecule has 0 fully saturated rings. The third-order valence-corrected chi connectivity index (χ3v) is 3.92. The standard InChI is InChI=1S/C13H19BrN2O/c1-3-13(17)16-8(2)6-11(15)10-7-9(14)4-5-12(10)16/h4-5,7-8,11,13,17H,3,6,15H2,1-2H3. The fraction of sp³-hybridized carbons (Fsp3) is 0.538. The summed E-state index contributed by atoms with van der Waals surface area (Å²) in [6.07, 6.45) is 1.16. The van der Waals surface area contributed by atoms with E-state index in [1.165, 1.54) is 0 Å². The van der Waals surface area contributed by atoms with Crippen molar-refractivity contribution in [3.05, 3.63) is 28.2 Å². The minimum Gasteiger partial charge on any atom is -0.374 e. The second kappa shape index (κ2) is 4.96. The van der Waals surface area contributed by atoms with E-state index in [1.807, 2.05) is 19.1 Å². The summed E-state index contributed by atoms with van der Waals surface area (Å²) in [4.78, 5) is 2.07. The number of nitrogens with zero attached hydrogens (tertiary/aromatic N) is 1. The molecule has 1 aliphatic heterocycles. The van der Waals surface area contributed by atoms with E-state index >= 15 is 0 Å².